The molecule has 0 unspecified atom stereocenters. The lowest BCUT2D eigenvalue weighted by Gasteiger charge is -2.11. The molecule has 2 aromatic heterocycles. The molecule has 0 N–H and O–H groups in total. The Kier molecular flexibility index (Phi) is 3.39. The van der Waals surface area contributed by atoms with E-state index in [0.29, 0.717) is 17.5 Å². The molecule has 0 saturated heterocycles. The third-order valence-electron chi connectivity index (χ3n) is 3.56. The third kappa shape index (κ3) is 2.45. The van der Waals surface area contributed by atoms with Crippen molar-refractivity contribution in [1.82, 2.24) is 9.38 Å². The van der Waals surface area contributed by atoms with Crippen molar-refractivity contribution in [3.05, 3.63) is 59.8 Å². The Hall–Kier alpha value is -2.37. The maximum Gasteiger partial charge on any atom is 0.433 e. The summed E-state index contributed by atoms with van der Waals surface area (Å²) in [5.74, 6) is -0.361. The Morgan fingerprint density at radius 3 is 2.59 bits per heavy atom. The van der Waals surface area contributed by atoms with Crippen molar-refractivity contribution >= 4 is 5.65 Å². The van der Waals surface area contributed by atoms with Crippen molar-refractivity contribution in [3.63, 3.8) is 0 Å². The van der Waals surface area contributed by atoms with Crippen LogP contribution < -0.4 is 0 Å². The lowest BCUT2D eigenvalue weighted by Crippen LogP contribution is -2.08. The molecule has 6 heteroatoms. The summed E-state index contributed by atoms with van der Waals surface area (Å²) in [7, 11) is 0. The van der Waals surface area contributed by atoms with Gasteiger partial charge in [0.2, 0.25) is 0 Å². The van der Waals surface area contributed by atoms with E-state index < -0.39 is 11.9 Å². The first-order chi connectivity index (χ1) is 10.4. The van der Waals surface area contributed by atoms with Gasteiger partial charge in [0.25, 0.3) is 0 Å². The van der Waals surface area contributed by atoms with Gasteiger partial charge in [-0.05, 0) is 47.4 Å². The molecule has 3 aromatic rings. The first-order valence-electron chi connectivity index (χ1n) is 6.73. The van der Waals surface area contributed by atoms with Gasteiger partial charge < -0.3 is 0 Å². The molecule has 3 rings (SSSR count). The lowest BCUT2D eigenvalue weighted by atomic mass is 9.99. The summed E-state index contributed by atoms with van der Waals surface area (Å²) in [6, 6.07) is 7.50. The zero-order valence-corrected chi connectivity index (χ0v) is 11.7. The number of fused-ring (bicyclic) bond motifs is 1. The molecular formula is C16H12F4N2. The highest BCUT2D eigenvalue weighted by Gasteiger charge is 2.34. The molecule has 0 aliphatic carbocycles. The smallest absolute Gasteiger partial charge is 0.295 e. The zero-order valence-electron chi connectivity index (χ0n) is 11.7. The van der Waals surface area contributed by atoms with Crippen molar-refractivity contribution in [3.8, 4) is 11.1 Å². The highest BCUT2D eigenvalue weighted by Crippen LogP contribution is 2.32. The molecule has 0 fully saturated rings. The van der Waals surface area contributed by atoms with Crippen LogP contribution in [0.25, 0.3) is 16.8 Å². The number of aromatic nitrogens is 2. The Morgan fingerprint density at radius 1 is 1.14 bits per heavy atom. The molecule has 0 spiro atoms. The van der Waals surface area contributed by atoms with Gasteiger partial charge in [0.15, 0.2) is 0 Å². The van der Waals surface area contributed by atoms with Crippen LogP contribution >= 0.6 is 0 Å². The van der Waals surface area contributed by atoms with Gasteiger partial charge in [-0.1, -0.05) is 13.0 Å². The summed E-state index contributed by atoms with van der Waals surface area (Å²) >= 11 is 0. The number of rotatable bonds is 2. The standard InChI is InChI=1S/C16H12F4N2/c1-2-10-7-12(17)4-5-13(10)11-3-6-15-21-8-14(16(18,19)20)22(15)9-11/h3-9H,2H2,1H3. The van der Waals surface area contributed by atoms with Crippen LogP contribution in [0.1, 0.15) is 18.2 Å². The largest absolute Gasteiger partial charge is 0.433 e. The predicted molar refractivity (Wildman–Crippen MR) is 75.0 cm³/mol. The summed E-state index contributed by atoms with van der Waals surface area (Å²) in [4.78, 5) is 3.76. The summed E-state index contributed by atoms with van der Waals surface area (Å²) in [6.07, 6.45) is -1.70. The van der Waals surface area contributed by atoms with Crippen molar-refractivity contribution in [2.75, 3.05) is 0 Å². The van der Waals surface area contributed by atoms with Crippen LogP contribution in [0, 0.1) is 5.82 Å². The highest BCUT2D eigenvalue weighted by atomic mass is 19.4. The van der Waals surface area contributed by atoms with Crippen molar-refractivity contribution in [2.24, 2.45) is 0 Å². The van der Waals surface area contributed by atoms with Crippen LogP contribution in [-0.2, 0) is 12.6 Å². The van der Waals surface area contributed by atoms with Gasteiger partial charge in [0.1, 0.15) is 17.2 Å². The van der Waals surface area contributed by atoms with Crippen molar-refractivity contribution < 1.29 is 17.6 Å². The molecule has 0 aliphatic heterocycles. The van der Waals surface area contributed by atoms with Gasteiger partial charge in [-0.25, -0.2) is 9.37 Å². The average Bonchev–Trinajstić information content (AvgIpc) is 2.90. The van der Waals surface area contributed by atoms with Gasteiger partial charge in [-0.15, -0.1) is 0 Å². The quantitative estimate of drug-likeness (QED) is 0.626. The van der Waals surface area contributed by atoms with E-state index in [1.165, 1.54) is 24.4 Å². The van der Waals surface area contributed by atoms with Crippen LogP contribution in [0.5, 0.6) is 0 Å². The number of alkyl halides is 3. The van der Waals surface area contributed by atoms with E-state index in [0.717, 1.165) is 16.2 Å². The van der Waals surface area contributed by atoms with E-state index in [4.69, 9.17) is 0 Å². The molecule has 22 heavy (non-hydrogen) atoms. The summed E-state index contributed by atoms with van der Waals surface area (Å²) < 4.78 is 53.2. The van der Waals surface area contributed by atoms with Crippen LogP contribution in [0.2, 0.25) is 0 Å². The maximum absolute atomic E-state index is 13.3. The fraction of sp³-hybridized carbons (Fsp3) is 0.188. The maximum atomic E-state index is 13.3. The van der Waals surface area contributed by atoms with E-state index in [1.807, 2.05) is 6.92 Å². The normalized spacial score (nSPS) is 12.0. The predicted octanol–water partition coefficient (Wildman–Crippen LogP) is 4.72. The summed E-state index contributed by atoms with van der Waals surface area (Å²) in [5.41, 5.74) is 1.44. The number of aryl methyl sites for hydroxylation is 1. The van der Waals surface area contributed by atoms with E-state index in [9.17, 15) is 17.6 Å². The number of hydrogen-bond donors (Lipinski definition) is 0. The number of benzene rings is 1. The second-order valence-corrected chi connectivity index (χ2v) is 4.94. The topological polar surface area (TPSA) is 17.3 Å². The van der Waals surface area contributed by atoms with E-state index in [-0.39, 0.29) is 11.5 Å². The Balaban J connectivity index is 2.20. The van der Waals surface area contributed by atoms with E-state index in [1.54, 1.807) is 12.1 Å². The van der Waals surface area contributed by atoms with Crippen molar-refractivity contribution in [1.29, 1.82) is 0 Å². The SMILES string of the molecule is CCc1cc(F)ccc1-c1ccc2ncc(C(F)(F)F)n2c1. The molecule has 2 nitrogen and oxygen atoms in total. The summed E-state index contributed by atoms with van der Waals surface area (Å²) in [6.45, 7) is 1.87. The number of pyridine rings is 1. The minimum Gasteiger partial charge on any atom is -0.295 e. The fourth-order valence-electron chi connectivity index (χ4n) is 2.49. The molecular weight excluding hydrogens is 296 g/mol. The zero-order chi connectivity index (χ0) is 15.9. The van der Waals surface area contributed by atoms with Gasteiger partial charge in [0.05, 0.1) is 6.20 Å². The molecule has 0 atom stereocenters. The second-order valence-electron chi connectivity index (χ2n) is 4.94. The average molecular weight is 308 g/mol. The highest BCUT2D eigenvalue weighted by molar-refractivity contribution is 5.68. The van der Waals surface area contributed by atoms with Crippen molar-refractivity contribution in [2.45, 2.75) is 19.5 Å². The van der Waals surface area contributed by atoms with Gasteiger partial charge >= 0.3 is 6.18 Å². The minimum atomic E-state index is -4.48. The van der Waals surface area contributed by atoms with Gasteiger partial charge in [0, 0.05) is 6.20 Å². The van der Waals surface area contributed by atoms with Gasteiger partial charge in [-0.3, -0.25) is 4.40 Å². The van der Waals surface area contributed by atoms with Crippen LogP contribution in [-0.4, -0.2) is 9.38 Å². The Morgan fingerprint density at radius 2 is 1.91 bits per heavy atom. The molecule has 0 amide bonds. The molecule has 0 radical (unpaired) electrons. The molecule has 114 valence electrons. The second kappa shape index (κ2) is 5.12. The molecule has 0 saturated carbocycles. The lowest BCUT2D eigenvalue weighted by molar-refractivity contribution is -0.141. The van der Waals surface area contributed by atoms with Gasteiger partial charge in [-0.2, -0.15) is 13.2 Å². The Labute approximate surface area is 124 Å². The number of nitrogens with zero attached hydrogens (tertiary/aromatic N) is 2. The van der Waals surface area contributed by atoms with E-state index in [2.05, 4.69) is 4.98 Å². The molecule has 0 bridgehead atoms. The number of halogens is 4. The molecule has 1 aromatic carbocycles. The molecule has 2 heterocycles. The van der Waals surface area contributed by atoms with Crippen LogP contribution in [0.15, 0.2) is 42.7 Å². The number of hydrogen-bond acceptors (Lipinski definition) is 1. The first kappa shape index (κ1) is 14.6. The number of imidazole rings is 1. The minimum absolute atomic E-state index is 0.219. The molecule has 0 aliphatic rings. The summed E-state index contributed by atoms with van der Waals surface area (Å²) in [5, 5.41) is 0. The van der Waals surface area contributed by atoms with Crippen LogP contribution in [0.3, 0.4) is 0 Å². The first-order valence-corrected chi connectivity index (χ1v) is 6.73. The van der Waals surface area contributed by atoms with Crippen LogP contribution in [0.4, 0.5) is 17.6 Å². The fourth-order valence-corrected chi connectivity index (χ4v) is 2.49. The van der Waals surface area contributed by atoms with E-state index >= 15 is 0 Å². The third-order valence-corrected chi connectivity index (χ3v) is 3.56. The Bertz CT molecular complexity index is 834. The monoisotopic (exact) mass is 308 g/mol.